The van der Waals surface area contributed by atoms with Gasteiger partial charge in [0.05, 0.1) is 18.7 Å². The Morgan fingerprint density at radius 3 is 2.88 bits per heavy atom. The minimum absolute atomic E-state index is 0.205. The van der Waals surface area contributed by atoms with Gasteiger partial charge in [-0.25, -0.2) is 19.2 Å². The molecule has 2 aromatic carbocycles. The zero-order valence-electron chi connectivity index (χ0n) is 17.5. The average molecular weight is 432 g/mol. The third kappa shape index (κ3) is 3.43. The third-order valence-electron chi connectivity index (χ3n) is 5.48. The van der Waals surface area contributed by atoms with Gasteiger partial charge in [-0.3, -0.25) is 4.40 Å². The van der Waals surface area contributed by atoms with Crippen LogP contribution in [0, 0.1) is 5.82 Å². The van der Waals surface area contributed by atoms with Gasteiger partial charge >= 0.3 is 5.97 Å². The van der Waals surface area contributed by atoms with Crippen LogP contribution in [0.1, 0.15) is 28.5 Å². The van der Waals surface area contributed by atoms with Crippen LogP contribution >= 0.6 is 0 Å². The third-order valence-corrected chi connectivity index (χ3v) is 5.48. The first-order valence-corrected chi connectivity index (χ1v) is 10.4. The molecule has 0 spiro atoms. The van der Waals surface area contributed by atoms with Gasteiger partial charge in [-0.2, -0.15) is 0 Å². The molecule has 0 amide bonds. The highest BCUT2D eigenvalue weighted by Gasteiger charge is 2.22. The minimum atomic E-state index is -0.506. The molecule has 0 aliphatic carbocycles. The van der Waals surface area contributed by atoms with E-state index in [-0.39, 0.29) is 24.7 Å². The number of nitrogens with one attached hydrogen (secondary N) is 1. The highest BCUT2D eigenvalue weighted by Crippen LogP contribution is 2.32. The van der Waals surface area contributed by atoms with Crippen molar-refractivity contribution in [3.8, 4) is 16.9 Å². The molecule has 8 heteroatoms. The summed E-state index contributed by atoms with van der Waals surface area (Å²) in [6.07, 6.45) is 3.88. The van der Waals surface area contributed by atoms with Crippen LogP contribution in [0.25, 0.3) is 16.6 Å². The van der Waals surface area contributed by atoms with E-state index in [0.29, 0.717) is 35.8 Å². The fourth-order valence-electron chi connectivity index (χ4n) is 4.00. The quantitative estimate of drug-likeness (QED) is 0.459. The summed E-state index contributed by atoms with van der Waals surface area (Å²) in [6.45, 7) is 2.76. The Balaban J connectivity index is 1.57. The van der Waals surface area contributed by atoms with Crippen LogP contribution in [-0.2, 0) is 17.7 Å². The Hall–Kier alpha value is -3.94. The second-order valence-corrected chi connectivity index (χ2v) is 7.35. The number of carbonyl (C=O) groups excluding carboxylic acids is 1. The molecule has 0 radical (unpaired) electrons. The summed E-state index contributed by atoms with van der Waals surface area (Å²) in [7, 11) is 0. The van der Waals surface area contributed by atoms with Crippen molar-refractivity contribution in [2.45, 2.75) is 19.9 Å². The molecule has 0 fully saturated rings. The molecule has 0 unspecified atom stereocenters. The molecule has 7 nitrogen and oxygen atoms in total. The lowest BCUT2D eigenvalue weighted by molar-refractivity contribution is 0.0522. The van der Waals surface area contributed by atoms with Crippen LogP contribution in [-0.4, -0.2) is 33.6 Å². The molecule has 1 aliphatic rings. The number of hydrogen-bond acceptors (Lipinski definition) is 6. The van der Waals surface area contributed by atoms with Crippen LogP contribution in [0.15, 0.2) is 55.0 Å². The van der Waals surface area contributed by atoms with E-state index >= 15 is 0 Å². The lowest BCUT2D eigenvalue weighted by Crippen LogP contribution is -2.11. The van der Waals surface area contributed by atoms with Gasteiger partial charge in [-0.1, -0.05) is 30.3 Å². The number of rotatable bonds is 6. The summed E-state index contributed by atoms with van der Waals surface area (Å²) in [6, 6.07) is 12.7. The molecule has 2 aromatic heterocycles. The number of aromatic nitrogens is 3. The Bertz CT molecular complexity index is 1300. The number of ether oxygens (including phenoxy) is 2. The highest BCUT2D eigenvalue weighted by atomic mass is 19.1. The fraction of sp³-hybridized carbons (Fsp3) is 0.208. The van der Waals surface area contributed by atoms with E-state index < -0.39 is 5.97 Å². The normalized spacial score (nSPS) is 12.4. The molecular weight excluding hydrogens is 411 g/mol. The predicted molar refractivity (Wildman–Crippen MR) is 117 cm³/mol. The lowest BCUT2D eigenvalue weighted by atomic mass is 10.0. The second-order valence-electron chi connectivity index (χ2n) is 7.35. The lowest BCUT2D eigenvalue weighted by Gasteiger charge is -2.13. The average Bonchev–Trinajstić information content (AvgIpc) is 3.47. The van der Waals surface area contributed by atoms with Crippen molar-refractivity contribution in [2.75, 3.05) is 18.5 Å². The monoisotopic (exact) mass is 432 g/mol. The van der Waals surface area contributed by atoms with E-state index in [4.69, 9.17) is 9.47 Å². The SMILES string of the molecule is CCOC(=O)c1ncn2c(NCc3c(F)ccc4c3CCO4)ncc(-c3ccccc3)c12. The van der Waals surface area contributed by atoms with Gasteiger partial charge < -0.3 is 14.8 Å². The molecular formula is C24H21FN4O3. The van der Waals surface area contributed by atoms with E-state index in [9.17, 15) is 9.18 Å². The summed E-state index contributed by atoms with van der Waals surface area (Å²) in [4.78, 5) is 21.4. The van der Waals surface area contributed by atoms with Gasteiger partial charge in [0.2, 0.25) is 5.95 Å². The van der Waals surface area contributed by atoms with E-state index in [2.05, 4.69) is 15.3 Å². The van der Waals surface area contributed by atoms with Crippen LogP contribution in [0.5, 0.6) is 5.75 Å². The van der Waals surface area contributed by atoms with Gasteiger partial charge in [0.1, 0.15) is 17.9 Å². The van der Waals surface area contributed by atoms with E-state index in [0.717, 1.165) is 16.7 Å². The first-order valence-electron chi connectivity index (χ1n) is 10.4. The van der Waals surface area contributed by atoms with Gasteiger partial charge in [-0.15, -0.1) is 0 Å². The number of esters is 1. The summed E-state index contributed by atoms with van der Waals surface area (Å²) in [5.74, 6) is 0.358. The molecule has 0 atom stereocenters. The van der Waals surface area contributed by atoms with E-state index in [1.807, 2.05) is 30.3 Å². The van der Waals surface area contributed by atoms with E-state index in [1.165, 1.54) is 12.4 Å². The Morgan fingerprint density at radius 1 is 1.22 bits per heavy atom. The van der Waals surface area contributed by atoms with Crippen molar-refractivity contribution in [1.82, 2.24) is 14.4 Å². The van der Waals surface area contributed by atoms with Crippen molar-refractivity contribution in [3.05, 3.63) is 77.6 Å². The summed E-state index contributed by atoms with van der Waals surface area (Å²) in [5.41, 5.74) is 3.84. The van der Waals surface area contributed by atoms with Crippen LogP contribution < -0.4 is 10.1 Å². The predicted octanol–water partition coefficient (Wildman–Crippen LogP) is 4.26. The van der Waals surface area contributed by atoms with Gasteiger partial charge in [-0.05, 0) is 24.6 Å². The first kappa shape index (κ1) is 20.0. The molecule has 0 saturated carbocycles. The standard InChI is InChI=1S/C24H21FN4O3/c1-2-31-23(30)21-22-17(15-6-4-3-5-7-15)12-26-24(29(22)14-28-21)27-13-18-16-10-11-32-20(16)9-8-19(18)25/h3-9,12,14H,2,10-11,13H2,1H3,(H,26,27). The molecule has 4 aromatic rings. The minimum Gasteiger partial charge on any atom is -0.493 e. The zero-order valence-corrected chi connectivity index (χ0v) is 17.5. The molecule has 162 valence electrons. The highest BCUT2D eigenvalue weighted by molar-refractivity contribution is 6.00. The molecule has 32 heavy (non-hydrogen) atoms. The van der Waals surface area contributed by atoms with Crippen molar-refractivity contribution in [2.24, 2.45) is 0 Å². The Kier molecular flexibility index (Phi) is 5.18. The number of nitrogens with zero attached hydrogens (tertiary/aromatic N) is 3. The number of carbonyl (C=O) groups is 1. The molecule has 3 heterocycles. The summed E-state index contributed by atoms with van der Waals surface area (Å²) >= 11 is 0. The van der Waals surface area contributed by atoms with Crippen molar-refractivity contribution in [3.63, 3.8) is 0 Å². The maximum absolute atomic E-state index is 14.5. The van der Waals surface area contributed by atoms with Crippen molar-refractivity contribution < 1.29 is 18.7 Å². The zero-order chi connectivity index (χ0) is 22.1. The van der Waals surface area contributed by atoms with Crippen LogP contribution in [0.4, 0.5) is 10.3 Å². The Labute approximate surface area is 183 Å². The number of anilines is 1. The maximum Gasteiger partial charge on any atom is 0.359 e. The molecule has 5 rings (SSSR count). The largest absolute Gasteiger partial charge is 0.493 e. The molecule has 0 bridgehead atoms. The van der Waals surface area contributed by atoms with Crippen LogP contribution in [0.3, 0.4) is 0 Å². The van der Waals surface area contributed by atoms with Crippen molar-refractivity contribution in [1.29, 1.82) is 0 Å². The summed E-state index contributed by atoms with van der Waals surface area (Å²) < 4.78 is 27.0. The number of imidazole rings is 1. The fourth-order valence-corrected chi connectivity index (χ4v) is 4.00. The Morgan fingerprint density at radius 2 is 2.06 bits per heavy atom. The topological polar surface area (TPSA) is 77.8 Å². The van der Waals surface area contributed by atoms with E-state index in [1.54, 1.807) is 23.6 Å². The molecule has 1 N–H and O–H groups in total. The maximum atomic E-state index is 14.5. The second kappa shape index (κ2) is 8.30. The van der Waals surface area contributed by atoms with Gasteiger partial charge in [0.15, 0.2) is 5.69 Å². The van der Waals surface area contributed by atoms with Crippen LogP contribution in [0.2, 0.25) is 0 Å². The van der Waals surface area contributed by atoms with Gasteiger partial charge in [0.25, 0.3) is 0 Å². The van der Waals surface area contributed by atoms with Crippen molar-refractivity contribution >= 4 is 17.4 Å². The number of benzene rings is 2. The number of fused-ring (bicyclic) bond motifs is 2. The molecule has 0 saturated heterocycles. The smallest absolute Gasteiger partial charge is 0.359 e. The van der Waals surface area contributed by atoms with Gasteiger partial charge in [0, 0.05) is 35.9 Å². The number of halogens is 1. The first-order chi connectivity index (χ1) is 15.7. The molecule has 1 aliphatic heterocycles. The number of hydrogen-bond donors (Lipinski definition) is 1. The summed E-state index contributed by atoms with van der Waals surface area (Å²) in [5, 5.41) is 3.20.